The summed E-state index contributed by atoms with van der Waals surface area (Å²) in [5.41, 5.74) is 5.35. The van der Waals surface area contributed by atoms with E-state index in [9.17, 15) is 4.79 Å². The Morgan fingerprint density at radius 1 is 1.19 bits per heavy atom. The van der Waals surface area contributed by atoms with Gasteiger partial charge in [0.1, 0.15) is 0 Å². The van der Waals surface area contributed by atoms with E-state index in [-0.39, 0.29) is 11.2 Å². The second-order valence-corrected chi connectivity index (χ2v) is 7.95. The molecule has 4 rings (SSSR count). The highest BCUT2D eigenvalue weighted by molar-refractivity contribution is 8.00. The van der Waals surface area contributed by atoms with Crippen LogP contribution in [-0.2, 0) is 11.2 Å². The maximum Gasteiger partial charge on any atom is 0.253 e. The van der Waals surface area contributed by atoms with Gasteiger partial charge in [-0.1, -0.05) is 30.0 Å². The number of thioether (sulfide) groups is 1. The van der Waals surface area contributed by atoms with Crippen molar-refractivity contribution in [1.29, 1.82) is 0 Å². The normalized spacial score (nSPS) is 14.7. The first-order valence-corrected chi connectivity index (χ1v) is 9.60. The Morgan fingerprint density at radius 2 is 1.96 bits per heavy atom. The van der Waals surface area contributed by atoms with Gasteiger partial charge in [0.15, 0.2) is 0 Å². The highest BCUT2D eigenvalue weighted by atomic mass is 32.2. The molecular weight excluding hydrogens is 346 g/mol. The number of amides is 1. The van der Waals surface area contributed by atoms with Gasteiger partial charge < -0.3 is 4.90 Å². The molecule has 1 aliphatic rings. The molecule has 2 aromatic heterocycles. The number of fused-ring (bicyclic) bond motifs is 2. The summed E-state index contributed by atoms with van der Waals surface area (Å²) in [6.45, 7) is 8.66. The van der Waals surface area contributed by atoms with Crippen molar-refractivity contribution in [3.8, 4) is 0 Å². The number of carbonyl (C=O) groups is 1. The van der Waals surface area contributed by atoms with Crippen LogP contribution in [0.1, 0.15) is 29.4 Å². The van der Waals surface area contributed by atoms with E-state index < -0.39 is 0 Å². The topological polar surface area (TPSA) is 63.4 Å². The first-order chi connectivity index (χ1) is 12.5. The largest absolute Gasteiger partial charge is 0.311 e. The van der Waals surface area contributed by atoms with Crippen LogP contribution in [0.3, 0.4) is 0 Å². The van der Waals surface area contributed by atoms with Crippen LogP contribution in [-0.4, -0.2) is 37.3 Å². The van der Waals surface area contributed by atoms with Gasteiger partial charge in [0.05, 0.1) is 5.25 Å². The number of aryl methyl sites for hydroxylation is 2. The average Bonchev–Trinajstić information content (AvgIpc) is 3.23. The van der Waals surface area contributed by atoms with E-state index in [4.69, 9.17) is 0 Å². The quantitative estimate of drug-likeness (QED) is 0.666. The summed E-state index contributed by atoms with van der Waals surface area (Å²) < 4.78 is 1.76. The molecule has 6 nitrogen and oxygen atoms in total. The molecule has 0 spiro atoms. The number of nitrogens with zero attached hydrogens (tertiary/aromatic N) is 5. The number of aromatic nitrogens is 4. The molecule has 0 bridgehead atoms. The van der Waals surface area contributed by atoms with Gasteiger partial charge in [-0.3, -0.25) is 4.79 Å². The van der Waals surface area contributed by atoms with Crippen LogP contribution in [0.5, 0.6) is 0 Å². The molecule has 0 N–H and O–H groups in total. The molecule has 3 aromatic rings. The summed E-state index contributed by atoms with van der Waals surface area (Å²) in [6.07, 6.45) is 0.910. The predicted molar refractivity (Wildman–Crippen MR) is 103 cm³/mol. The minimum absolute atomic E-state index is 0.0934. The lowest BCUT2D eigenvalue weighted by Gasteiger charge is -2.20. The number of para-hydroxylation sites is 1. The molecule has 0 radical (unpaired) electrons. The van der Waals surface area contributed by atoms with Crippen molar-refractivity contribution in [3.05, 3.63) is 46.8 Å². The van der Waals surface area contributed by atoms with Gasteiger partial charge in [-0.2, -0.15) is 4.98 Å². The molecule has 0 fully saturated rings. The molecule has 0 saturated heterocycles. The number of hydrogen-bond donors (Lipinski definition) is 0. The number of rotatable bonds is 3. The number of anilines is 1. The molecule has 26 heavy (non-hydrogen) atoms. The summed E-state index contributed by atoms with van der Waals surface area (Å²) in [5.74, 6) is 0.676. The van der Waals surface area contributed by atoms with E-state index in [0.717, 1.165) is 35.6 Å². The summed E-state index contributed by atoms with van der Waals surface area (Å²) in [6, 6.07) is 8.10. The average molecular weight is 367 g/mol. The van der Waals surface area contributed by atoms with E-state index in [1.165, 1.54) is 17.3 Å². The third-order valence-electron chi connectivity index (χ3n) is 5.02. The van der Waals surface area contributed by atoms with Crippen molar-refractivity contribution in [2.75, 3.05) is 11.4 Å². The molecule has 7 heteroatoms. The van der Waals surface area contributed by atoms with Gasteiger partial charge in [-0.25, -0.2) is 9.50 Å². The fourth-order valence-electron chi connectivity index (χ4n) is 3.28. The van der Waals surface area contributed by atoms with E-state index in [1.54, 1.807) is 4.52 Å². The fourth-order valence-corrected chi connectivity index (χ4v) is 4.09. The van der Waals surface area contributed by atoms with Gasteiger partial charge in [0.25, 0.3) is 5.78 Å². The first kappa shape index (κ1) is 17.0. The van der Waals surface area contributed by atoms with Crippen LogP contribution in [0, 0.1) is 20.8 Å². The van der Waals surface area contributed by atoms with Crippen molar-refractivity contribution in [2.45, 2.75) is 44.5 Å². The van der Waals surface area contributed by atoms with Gasteiger partial charge in [-0.15, -0.1) is 5.10 Å². The monoisotopic (exact) mass is 367 g/mol. The molecule has 1 aromatic carbocycles. The summed E-state index contributed by atoms with van der Waals surface area (Å²) >= 11 is 1.39. The Kier molecular flexibility index (Phi) is 4.19. The Balaban J connectivity index is 1.57. The zero-order valence-electron chi connectivity index (χ0n) is 15.4. The van der Waals surface area contributed by atoms with Crippen LogP contribution in [0.15, 0.2) is 29.4 Å². The van der Waals surface area contributed by atoms with Crippen molar-refractivity contribution < 1.29 is 4.79 Å². The Bertz CT molecular complexity index is 1010. The van der Waals surface area contributed by atoms with Crippen molar-refractivity contribution in [1.82, 2.24) is 19.6 Å². The molecule has 3 heterocycles. The maximum atomic E-state index is 12.9. The lowest BCUT2D eigenvalue weighted by atomic mass is 10.2. The molecule has 0 aliphatic carbocycles. The Hall–Kier alpha value is -2.41. The van der Waals surface area contributed by atoms with Gasteiger partial charge in [0, 0.05) is 23.6 Å². The molecule has 0 saturated carbocycles. The maximum absolute atomic E-state index is 12.9. The molecular formula is C19H21N5OS. The van der Waals surface area contributed by atoms with E-state index in [2.05, 4.69) is 21.1 Å². The zero-order valence-corrected chi connectivity index (χ0v) is 16.2. The lowest BCUT2D eigenvalue weighted by Crippen LogP contribution is -2.35. The molecule has 134 valence electrons. The van der Waals surface area contributed by atoms with E-state index in [1.807, 2.05) is 50.8 Å². The van der Waals surface area contributed by atoms with Crippen LogP contribution < -0.4 is 4.90 Å². The highest BCUT2D eigenvalue weighted by Gasteiger charge is 2.29. The Labute approximate surface area is 156 Å². The van der Waals surface area contributed by atoms with Crippen molar-refractivity contribution in [3.63, 3.8) is 0 Å². The zero-order chi connectivity index (χ0) is 18.4. The van der Waals surface area contributed by atoms with Crippen molar-refractivity contribution >= 4 is 29.1 Å². The van der Waals surface area contributed by atoms with E-state index in [0.29, 0.717) is 10.9 Å². The lowest BCUT2D eigenvalue weighted by molar-refractivity contribution is -0.117. The summed E-state index contributed by atoms with van der Waals surface area (Å²) in [7, 11) is 0. The minimum atomic E-state index is -0.263. The number of carbonyl (C=O) groups excluding carboxylic acids is 1. The molecule has 0 unspecified atom stereocenters. The van der Waals surface area contributed by atoms with Gasteiger partial charge >= 0.3 is 0 Å². The predicted octanol–water partition coefficient (Wildman–Crippen LogP) is 3.12. The summed E-state index contributed by atoms with van der Waals surface area (Å²) in [4.78, 5) is 23.8. The number of hydrogen-bond acceptors (Lipinski definition) is 5. The fraction of sp³-hybridized carbons (Fsp3) is 0.368. The smallest absolute Gasteiger partial charge is 0.253 e. The van der Waals surface area contributed by atoms with Crippen LogP contribution >= 0.6 is 11.8 Å². The van der Waals surface area contributed by atoms with Crippen LogP contribution in [0.4, 0.5) is 5.69 Å². The molecule has 1 aliphatic heterocycles. The van der Waals surface area contributed by atoms with Gasteiger partial charge in [-0.05, 0) is 51.3 Å². The van der Waals surface area contributed by atoms with Crippen LogP contribution in [0.25, 0.3) is 5.78 Å². The highest BCUT2D eigenvalue weighted by Crippen LogP contribution is 2.31. The second-order valence-electron chi connectivity index (χ2n) is 6.64. The van der Waals surface area contributed by atoms with E-state index >= 15 is 0 Å². The third-order valence-corrected chi connectivity index (χ3v) is 5.96. The minimum Gasteiger partial charge on any atom is -0.311 e. The molecule has 1 atom stereocenters. The SMILES string of the molecule is Cc1nc2nc(S[C@@H](C)C(=O)N3CCc4ccccc43)nn2c(C)c1C. The van der Waals surface area contributed by atoms with Crippen LogP contribution in [0.2, 0.25) is 0 Å². The number of benzene rings is 1. The van der Waals surface area contributed by atoms with Crippen molar-refractivity contribution in [2.24, 2.45) is 0 Å². The standard InChI is InChI=1S/C19H21N5OS/c1-11-12(2)20-18-21-19(22-24(18)13(11)3)26-14(4)17(25)23-10-9-15-7-5-6-8-16(15)23/h5-8,14H,9-10H2,1-4H3/t14-/m0/s1. The van der Waals surface area contributed by atoms with Gasteiger partial charge in [0.2, 0.25) is 11.1 Å². The first-order valence-electron chi connectivity index (χ1n) is 8.72. The Morgan fingerprint density at radius 3 is 2.77 bits per heavy atom. The second kappa shape index (κ2) is 6.39. The third kappa shape index (κ3) is 2.76. The summed E-state index contributed by atoms with van der Waals surface area (Å²) in [5, 5.41) is 4.86. The molecule has 1 amide bonds.